The van der Waals surface area contributed by atoms with Crippen LogP contribution in [-0.4, -0.2) is 18.9 Å². The molecular weight excluding hydrogens is 460 g/mol. The van der Waals surface area contributed by atoms with Crippen LogP contribution in [0, 0.1) is 0 Å². The molecule has 0 aliphatic carbocycles. The van der Waals surface area contributed by atoms with Gasteiger partial charge in [0.1, 0.15) is 11.5 Å². The maximum atomic E-state index is 12.8. The van der Waals surface area contributed by atoms with Gasteiger partial charge in [0.05, 0.1) is 12.7 Å². The molecule has 0 amide bonds. The topological polar surface area (TPSA) is 52.6 Å². The number of ether oxygens (including phenoxy) is 2. The van der Waals surface area contributed by atoms with Crippen LogP contribution >= 0.6 is 0 Å². The first kappa shape index (κ1) is 28.2. The molecule has 37 heavy (non-hydrogen) atoms. The van der Waals surface area contributed by atoms with Crippen molar-refractivity contribution < 1.29 is 19.1 Å². The molecule has 0 unspecified atom stereocenters. The highest BCUT2D eigenvalue weighted by Crippen LogP contribution is 2.27. The third kappa shape index (κ3) is 8.31. The Morgan fingerprint density at radius 3 is 1.70 bits per heavy atom. The molecule has 3 aromatic carbocycles. The van der Waals surface area contributed by atoms with Gasteiger partial charge in [-0.1, -0.05) is 75.9 Å². The first-order valence-corrected chi connectivity index (χ1v) is 13.6. The number of esters is 1. The molecule has 196 valence electrons. The van der Waals surface area contributed by atoms with Gasteiger partial charge in [-0.25, -0.2) is 4.79 Å². The van der Waals surface area contributed by atoms with E-state index in [1.165, 1.54) is 36.5 Å². The molecular formula is C33H40O4. The summed E-state index contributed by atoms with van der Waals surface area (Å²) in [5.41, 5.74) is 5.77. The van der Waals surface area contributed by atoms with Crippen LogP contribution in [0.15, 0.2) is 60.7 Å². The molecule has 3 aromatic rings. The molecule has 0 aliphatic rings. The fourth-order valence-corrected chi connectivity index (χ4v) is 4.54. The Balaban J connectivity index is 1.80. The van der Waals surface area contributed by atoms with Crippen molar-refractivity contribution in [3.63, 3.8) is 0 Å². The van der Waals surface area contributed by atoms with E-state index in [1.54, 1.807) is 31.4 Å². The number of methoxy groups -OCH3 is 1. The van der Waals surface area contributed by atoms with Crippen LogP contribution in [0.5, 0.6) is 11.5 Å². The van der Waals surface area contributed by atoms with Crippen LogP contribution in [-0.2, 0) is 19.3 Å². The lowest BCUT2D eigenvalue weighted by molar-refractivity contribution is 0.0732. The Labute approximate surface area is 222 Å². The Morgan fingerprint density at radius 1 is 0.676 bits per heavy atom. The van der Waals surface area contributed by atoms with E-state index in [0.717, 1.165) is 56.3 Å². The summed E-state index contributed by atoms with van der Waals surface area (Å²) < 4.78 is 11.4. The summed E-state index contributed by atoms with van der Waals surface area (Å²) in [4.78, 5) is 24.4. The number of ketones is 1. The van der Waals surface area contributed by atoms with E-state index in [0.29, 0.717) is 16.9 Å². The van der Waals surface area contributed by atoms with E-state index in [-0.39, 0.29) is 5.78 Å². The number of carbonyl (C=O) groups is 2. The molecule has 3 rings (SSSR count). The van der Waals surface area contributed by atoms with Gasteiger partial charge in [-0.15, -0.1) is 0 Å². The summed E-state index contributed by atoms with van der Waals surface area (Å²) in [6.45, 7) is 5.91. The minimum Gasteiger partial charge on any atom is -0.496 e. The largest absolute Gasteiger partial charge is 0.496 e. The van der Waals surface area contributed by atoms with Gasteiger partial charge in [0.25, 0.3) is 0 Å². The Bertz CT molecular complexity index is 1180. The number of benzene rings is 3. The summed E-state index contributed by atoms with van der Waals surface area (Å²) >= 11 is 0. The number of hydrogen-bond acceptors (Lipinski definition) is 4. The highest BCUT2D eigenvalue weighted by Gasteiger charge is 2.14. The second-order valence-electron chi connectivity index (χ2n) is 9.70. The molecule has 0 aromatic heterocycles. The van der Waals surface area contributed by atoms with E-state index in [9.17, 15) is 9.59 Å². The molecule has 0 heterocycles. The Hall–Kier alpha value is -3.40. The molecule has 0 saturated heterocycles. The molecule has 0 bridgehead atoms. The molecule has 0 saturated carbocycles. The SMILES string of the molecule is CCCCCc1cc(Cc2ccc(OC(=O)c3ccc(C(C)=O)cc3)c(CCCCC)c2)ccc1OC. The molecule has 0 atom stereocenters. The average Bonchev–Trinajstić information content (AvgIpc) is 2.90. The number of rotatable bonds is 14. The average molecular weight is 501 g/mol. The third-order valence-corrected chi connectivity index (χ3v) is 6.71. The predicted octanol–water partition coefficient (Wildman–Crippen LogP) is 8.17. The highest BCUT2D eigenvalue weighted by atomic mass is 16.5. The van der Waals surface area contributed by atoms with Crippen molar-refractivity contribution in [2.45, 2.75) is 78.6 Å². The van der Waals surface area contributed by atoms with Crippen LogP contribution < -0.4 is 9.47 Å². The highest BCUT2D eigenvalue weighted by molar-refractivity contribution is 5.96. The first-order valence-electron chi connectivity index (χ1n) is 13.6. The van der Waals surface area contributed by atoms with E-state index >= 15 is 0 Å². The lowest BCUT2D eigenvalue weighted by Crippen LogP contribution is -2.10. The molecule has 0 aliphatic heterocycles. The number of hydrogen-bond donors (Lipinski definition) is 0. The van der Waals surface area contributed by atoms with Crippen LogP contribution in [0.1, 0.15) is 102 Å². The zero-order valence-electron chi connectivity index (χ0n) is 22.8. The van der Waals surface area contributed by atoms with Gasteiger partial charge < -0.3 is 9.47 Å². The number of carbonyl (C=O) groups excluding carboxylic acids is 2. The zero-order chi connectivity index (χ0) is 26.6. The van der Waals surface area contributed by atoms with Gasteiger partial charge in [-0.2, -0.15) is 0 Å². The Morgan fingerprint density at radius 2 is 1.19 bits per heavy atom. The minimum atomic E-state index is -0.411. The molecule has 4 nitrogen and oxygen atoms in total. The number of Topliss-reactive ketones (excluding diaryl/α,β-unsaturated/α-hetero) is 1. The molecule has 0 radical (unpaired) electrons. The lowest BCUT2D eigenvalue weighted by atomic mass is 9.97. The predicted molar refractivity (Wildman–Crippen MR) is 150 cm³/mol. The fraction of sp³-hybridized carbons (Fsp3) is 0.394. The van der Waals surface area contributed by atoms with Crippen molar-refractivity contribution in [3.8, 4) is 11.5 Å². The number of unbranched alkanes of at least 4 members (excludes halogenated alkanes) is 4. The van der Waals surface area contributed by atoms with Crippen molar-refractivity contribution in [2.24, 2.45) is 0 Å². The molecule has 0 fully saturated rings. The zero-order valence-corrected chi connectivity index (χ0v) is 22.8. The molecule has 0 spiro atoms. The molecule has 0 N–H and O–H groups in total. The van der Waals surface area contributed by atoms with Crippen LogP contribution in [0.4, 0.5) is 0 Å². The van der Waals surface area contributed by atoms with E-state index in [2.05, 4.69) is 38.1 Å². The summed E-state index contributed by atoms with van der Waals surface area (Å²) in [6.07, 6.45) is 9.57. The summed E-state index contributed by atoms with van der Waals surface area (Å²) in [5.74, 6) is 1.12. The summed E-state index contributed by atoms with van der Waals surface area (Å²) in [5, 5.41) is 0. The van der Waals surface area contributed by atoms with Gasteiger partial charge in [0, 0.05) is 5.56 Å². The Kier molecular flexibility index (Phi) is 10.9. The third-order valence-electron chi connectivity index (χ3n) is 6.71. The van der Waals surface area contributed by atoms with Gasteiger partial charge in [0.15, 0.2) is 5.78 Å². The van der Waals surface area contributed by atoms with Gasteiger partial charge in [0.2, 0.25) is 0 Å². The lowest BCUT2D eigenvalue weighted by Gasteiger charge is -2.14. The van der Waals surface area contributed by atoms with E-state index in [1.807, 2.05) is 12.1 Å². The maximum Gasteiger partial charge on any atom is 0.343 e. The van der Waals surface area contributed by atoms with Gasteiger partial charge in [-0.3, -0.25) is 4.79 Å². The van der Waals surface area contributed by atoms with Gasteiger partial charge >= 0.3 is 5.97 Å². The summed E-state index contributed by atoms with van der Waals surface area (Å²) in [6, 6.07) is 19.2. The molecule has 4 heteroatoms. The van der Waals surface area contributed by atoms with Crippen LogP contribution in [0.2, 0.25) is 0 Å². The number of aryl methyl sites for hydroxylation is 2. The standard InChI is InChI=1S/C33H40O4/c1-5-7-9-11-29-22-25(13-19-31(29)36-4)21-26-14-20-32(30(23-26)12-10-8-6-2)37-33(35)28-17-15-27(16-18-28)24(3)34/h13-20,22-23H,5-12,21H2,1-4H3. The van der Waals surface area contributed by atoms with Crippen molar-refractivity contribution >= 4 is 11.8 Å². The van der Waals surface area contributed by atoms with E-state index < -0.39 is 5.97 Å². The second-order valence-corrected chi connectivity index (χ2v) is 9.70. The van der Waals surface area contributed by atoms with Crippen LogP contribution in [0.3, 0.4) is 0 Å². The van der Waals surface area contributed by atoms with E-state index in [4.69, 9.17) is 9.47 Å². The van der Waals surface area contributed by atoms with Crippen molar-refractivity contribution in [3.05, 3.63) is 94.0 Å². The monoisotopic (exact) mass is 500 g/mol. The quantitative estimate of drug-likeness (QED) is 0.0969. The van der Waals surface area contributed by atoms with Crippen molar-refractivity contribution in [2.75, 3.05) is 7.11 Å². The normalized spacial score (nSPS) is 10.8. The van der Waals surface area contributed by atoms with Gasteiger partial charge in [-0.05, 0) is 85.5 Å². The smallest absolute Gasteiger partial charge is 0.343 e. The summed E-state index contributed by atoms with van der Waals surface area (Å²) in [7, 11) is 1.73. The first-order chi connectivity index (χ1) is 17.9. The fourth-order valence-electron chi connectivity index (χ4n) is 4.54. The van der Waals surface area contributed by atoms with Crippen molar-refractivity contribution in [1.29, 1.82) is 0 Å². The minimum absolute atomic E-state index is 0.0290. The second kappa shape index (κ2) is 14.4. The maximum absolute atomic E-state index is 12.8. The van der Waals surface area contributed by atoms with Crippen molar-refractivity contribution in [1.82, 2.24) is 0 Å². The van der Waals surface area contributed by atoms with Crippen LogP contribution in [0.25, 0.3) is 0 Å².